The molecule has 3 aromatic heterocycles. The fourth-order valence-corrected chi connectivity index (χ4v) is 4.45. The summed E-state index contributed by atoms with van der Waals surface area (Å²) in [6, 6.07) is 18.0. The summed E-state index contributed by atoms with van der Waals surface area (Å²) in [5, 5.41) is 9.42. The van der Waals surface area contributed by atoms with E-state index in [4.69, 9.17) is 22.3 Å². The molecule has 0 saturated heterocycles. The van der Waals surface area contributed by atoms with E-state index in [2.05, 4.69) is 15.6 Å². The van der Waals surface area contributed by atoms with Crippen LogP contribution in [-0.4, -0.2) is 20.3 Å². The highest BCUT2D eigenvalue weighted by atomic mass is 35.5. The van der Waals surface area contributed by atoms with E-state index < -0.39 is 0 Å². The van der Waals surface area contributed by atoms with Crippen molar-refractivity contribution in [1.29, 1.82) is 0 Å². The van der Waals surface area contributed by atoms with Crippen LogP contribution in [0.3, 0.4) is 0 Å². The van der Waals surface area contributed by atoms with E-state index in [0.29, 0.717) is 27.6 Å². The topological polar surface area (TPSA) is 97.3 Å². The Bertz CT molecular complexity index is 1470. The Kier molecular flexibility index (Phi) is 5.45. The summed E-state index contributed by atoms with van der Waals surface area (Å²) in [7, 11) is 0. The number of rotatable bonds is 5. The molecule has 0 aliphatic heterocycles. The molecule has 0 bridgehead atoms. The van der Waals surface area contributed by atoms with Crippen LogP contribution < -0.4 is 16.4 Å². The molecule has 164 valence electrons. The van der Waals surface area contributed by atoms with Gasteiger partial charge in [0, 0.05) is 22.8 Å². The number of pyridine rings is 1. The number of nitrogen functional groups attached to an aromatic ring is 1. The van der Waals surface area contributed by atoms with Gasteiger partial charge in [0.1, 0.15) is 5.69 Å². The third kappa shape index (κ3) is 4.13. The Balaban J connectivity index is 1.32. The Morgan fingerprint density at radius 2 is 1.85 bits per heavy atom. The summed E-state index contributed by atoms with van der Waals surface area (Å²) in [5.41, 5.74) is 11.6. The quantitative estimate of drug-likeness (QED) is 0.271. The zero-order valence-electron chi connectivity index (χ0n) is 17.5. The third-order valence-electron chi connectivity index (χ3n) is 5.13. The summed E-state index contributed by atoms with van der Waals surface area (Å²) in [5.74, 6) is -0.224. The van der Waals surface area contributed by atoms with Crippen molar-refractivity contribution >= 4 is 56.7 Å². The Morgan fingerprint density at radius 1 is 1.06 bits per heavy atom. The van der Waals surface area contributed by atoms with E-state index in [1.54, 1.807) is 24.3 Å². The normalized spacial score (nSPS) is 11.0. The number of carbonyl (C=O) groups excluding carboxylic acids is 1. The van der Waals surface area contributed by atoms with E-state index in [1.165, 1.54) is 11.3 Å². The van der Waals surface area contributed by atoms with Crippen LogP contribution in [0.1, 0.15) is 16.1 Å². The van der Waals surface area contributed by atoms with Gasteiger partial charge in [0.25, 0.3) is 5.91 Å². The highest BCUT2D eigenvalue weighted by Gasteiger charge is 2.16. The molecule has 33 heavy (non-hydrogen) atoms. The number of hydrogen-bond acceptors (Lipinski definition) is 6. The number of carbonyl (C=O) groups is 1. The standard InChI is InChI=1S/C24H19ClN6OS/c1-14-21(31-12-4-5-17(25)22(31)27-14)20-13-33-24(30-20)28-16-10-8-15(9-11-16)23(32)29-19-7-3-2-6-18(19)26/h2-13H,26H2,1H3,(H,28,30)(H,29,32). The van der Waals surface area contributed by atoms with Gasteiger partial charge in [0.15, 0.2) is 10.8 Å². The van der Waals surface area contributed by atoms with Gasteiger partial charge in [-0.05, 0) is 55.5 Å². The molecule has 0 unspecified atom stereocenters. The van der Waals surface area contributed by atoms with Crippen molar-refractivity contribution in [1.82, 2.24) is 14.4 Å². The Labute approximate surface area is 198 Å². The van der Waals surface area contributed by atoms with Gasteiger partial charge >= 0.3 is 0 Å². The highest BCUT2D eigenvalue weighted by molar-refractivity contribution is 7.14. The van der Waals surface area contributed by atoms with Crippen LogP contribution in [0.2, 0.25) is 5.02 Å². The molecule has 2 aromatic carbocycles. The number of fused-ring (bicyclic) bond motifs is 1. The van der Waals surface area contributed by atoms with E-state index in [-0.39, 0.29) is 5.91 Å². The zero-order chi connectivity index (χ0) is 22.9. The molecular formula is C24H19ClN6OS. The molecule has 0 radical (unpaired) electrons. The number of thiazole rings is 1. The van der Waals surface area contributed by atoms with Crippen molar-refractivity contribution in [3.63, 3.8) is 0 Å². The Morgan fingerprint density at radius 3 is 2.64 bits per heavy atom. The summed E-state index contributed by atoms with van der Waals surface area (Å²) < 4.78 is 1.95. The van der Waals surface area contributed by atoms with Crippen LogP contribution in [-0.2, 0) is 0 Å². The van der Waals surface area contributed by atoms with Crippen molar-refractivity contribution in [2.75, 3.05) is 16.4 Å². The molecule has 7 nitrogen and oxygen atoms in total. The number of hydrogen-bond donors (Lipinski definition) is 3. The third-order valence-corrected chi connectivity index (χ3v) is 6.18. The summed E-state index contributed by atoms with van der Waals surface area (Å²) >= 11 is 7.77. The first-order valence-electron chi connectivity index (χ1n) is 10.1. The molecule has 5 rings (SSSR count). The van der Waals surface area contributed by atoms with Crippen molar-refractivity contribution < 1.29 is 4.79 Å². The van der Waals surface area contributed by atoms with Crippen LogP contribution in [0.4, 0.5) is 22.2 Å². The lowest BCUT2D eigenvalue weighted by molar-refractivity contribution is 0.102. The molecule has 1 amide bonds. The molecule has 0 atom stereocenters. The molecule has 0 spiro atoms. The van der Waals surface area contributed by atoms with Crippen molar-refractivity contribution in [3.8, 4) is 11.4 Å². The largest absolute Gasteiger partial charge is 0.397 e. The van der Waals surface area contributed by atoms with E-state index in [0.717, 1.165) is 27.9 Å². The number of imidazole rings is 1. The zero-order valence-corrected chi connectivity index (χ0v) is 19.1. The van der Waals surface area contributed by atoms with Crippen LogP contribution in [0.25, 0.3) is 17.0 Å². The monoisotopic (exact) mass is 474 g/mol. The minimum Gasteiger partial charge on any atom is -0.397 e. The number of para-hydroxylation sites is 2. The average Bonchev–Trinajstić information content (AvgIpc) is 3.39. The molecule has 0 saturated carbocycles. The summed E-state index contributed by atoms with van der Waals surface area (Å²) in [6.45, 7) is 1.94. The van der Waals surface area contributed by atoms with Crippen LogP contribution in [0.5, 0.6) is 0 Å². The van der Waals surface area contributed by atoms with Gasteiger partial charge in [-0.2, -0.15) is 0 Å². The number of nitrogens with two attached hydrogens (primary N) is 1. The van der Waals surface area contributed by atoms with Gasteiger partial charge in [-0.3, -0.25) is 9.20 Å². The molecular weight excluding hydrogens is 456 g/mol. The lowest BCUT2D eigenvalue weighted by Gasteiger charge is -2.08. The SMILES string of the molecule is Cc1nc2c(Cl)cccn2c1-c1csc(Nc2ccc(C(=O)Nc3ccccc3N)cc2)n1. The number of aryl methyl sites for hydroxylation is 1. The van der Waals surface area contributed by atoms with E-state index in [1.807, 2.05) is 59.3 Å². The molecule has 3 heterocycles. The lowest BCUT2D eigenvalue weighted by atomic mass is 10.2. The maximum absolute atomic E-state index is 12.5. The second kappa shape index (κ2) is 8.57. The van der Waals surface area contributed by atoms with Gasteiger partial charge < -0.3 is 16.4 Å². The first kappa shape index (κ1) is 21.0. The minimum absolute atomic E-state index is 0.224. The van der Waals surface area contributed by atoms with Gasteiger partial charge in [-0.15, -0.1) is 11.3 Å². The fourth-order valence-electron chi connectivity index (χ4n) is 3.53. The fraction of sp³-hybridized carbons (Fsp3) is 0.0417. The van der Waals surface area contributed by atoms with E-state index in [9.17, 15) is 4.79 Å². The van der Waals surface area contributed by atoms with E-state index >= 15 is 0 Å². The second-order valence-corrected chi connectivity index (χ2v) is 8.64. The van der Waals surface area contributed by atoms with Gasteiger partial charge in [0.05, 0.1) is 27.8 Å². The maximum atomic E-state index is 12.5. The summed E-state index contributed by atoms with van der Waals surface area (Å²) in [4.78, 5) is 21.8. The van der Waals surface area contributed by atoms with Crippen molar-refractivity contribution in [3.05, 3.63) is 88.5 Å². The predicted octanol–water partition coefficient (Wildman–Crippen LogP) is 6.00. The van der Waals surface area contributed by atoms with Crippen molar-refractivity contribution in [2.45, 2.75) is 6.92 Å². The second-order valence-electron chi connectivity index (χ2n) is 7.38. The highest BCUT2D eigenvalue weighted by Crippen LogP contribution is 2.31. The Hall–Kier alpha value is -3.88. The maximum Gasteiger partial charge on any atom is 0.255 e. The first-order chi connectivity index (χ1) is 16.0. The minimum atomic E-state index is -0.224. The molecule has 5 aromatic rings. The smallest absolute Gasteiger partial charge is 0.255 e. The molecule has 9 heteroatoms. The van der Waals surface area contributed by atoms with Gasteiger partial charge in [0.2, 0.25) is 0 Å². The lowest BCUT2D eigenvalue weighted by Crippen LogP contribution is -2.13. The first-order valence-corrected chi connectivity index (χ1v) is 11.4. The van der Waals surface area contributed by atoms with Crippen LogP contribution in [0, 0.1) is 6.92 Å². The molecule has 4 N–H and O–H groups in total. The van der Waals surface area contributed by atoms with Crippen LogP contribution >= 0.6 is 22.9 Å². The number of aromatic nitrogens is 3. The number of nitrogens with one attached hydrogen (secondary N) is 2. The molecule has 0 aliphatic rings. The number of nitrogens with zero attached hydrogens (tertiary/aromatic N) is 3. The van der Waals surface area contributed by atoms with Gasteiger partial charge in [-0.1, -0.05) is 23.7 Å². The average molecular weight is 475 g/mol. The number of benzene rings is 2. The van der Waals surface area contributed by atoms with Crippen molar-refractivity contribution in [2.24, 2.45) is 0 Å². The number of halogens is 1. The van der Waals surface area contributed by atoms with Gasteiger partial charge in [-0.25, -0.2) is 9.97 Å². The predicted molar refractivity (Wildman–Crippen MR) is 135 cm³/mol. The molecule has 0 fully saturated rings. The summed E-state index contributed by atoms with van der Waals surface area (Å²) in [6.07, 6.45) is 1.93. The van der Waals surface area contributed by atoms with Crippen LogP contribution in [0.15, 0.2) is 72.2 Å². The number of amides is 1. The molecule has 0 aliphatic carbocycles. The number of anilines is 4.